The van der Waals surface area contributed by atoms with Gasteiger partial charge in [0.15, 0.2) is 11.9 Å². The third-order valence-corrected chi connectivity index (χ3v) is 4.39. The van der Waals surface area contributed by atoms with Crippen LogP contribution in [-0.4, -0.2) is 52.3 Å². The zero-order valence-corrected chi connectivity index (χ0v) is 10.5. The van der Waals surface area contributed by atoms with E-state index in [0.29, 0.717) is 5.75 Å². The monoisotopic (exact) mass is 280 g/mol. The second-order valence-corrected chi connectivity index (χ2v) is 5.23. The molecule has 0 amide bonds. The Morgan fingerprint density at radius 1 is 1.40 bits per heavy atom. The first-order valence-electron chi connectivity index (χ1n) is 6.11. The Labute approximate surface area is 113 Å². The van der Waals surface area contributed by atoms with E-state index in [1.54, 1.807) is 0 Å². The average Bonchev–Trinajstić information content (AvgIpc) is 3.06. The van der Waals surface area contributed by atoms with E-state index >= 15 is 0 Å². The minimum absolute atomic E-state index is 0.0593. The number of ketones is 1. The fraction of sp³-hybridized carbons (Fsp3) is 0.462. The van der Waals surface area contributed by atoms with Crippen molar-refractivity contribution in [2.45, 2.75) is 23.6 Å². The van der Waals surface area contributed by atoms with Crippen LogP contribution < -0.4 is 4.74 Å². The topological polar surface area (TPSA) is 109 Å². The molecular weight excluding hydrogens is 268 g/mol. The third kappa shape index (κ3) is 1.02. The first kappa shape index (κ1) is 12.1. The van der Waals surface area contributed by atoms with Crippen molar-refractivity contribution in [3.8, 4) is 11.5 Å². The van der Waals surface area contributed by atoms with E-state index in [1.807, 2.05) is 0 Å². The van der Waals surface area contributed by atoms with Gasteiger partial charge in [-0.2, -0.15) is 0 Å². The van der Waals surface area contributed by atoms with Gasteiger partial charge in [-0.15, -0.1) is 0 Å². The Kier molecular flexibility index (Phi) is 2.01. The molecule has 4 rings (SSSR count). The number of phenolic OH excluding ortho intramolecular Hbond substituents is 1. The lowest BCUT2D eigenvalue weighted by molar-refractivity contribution is -0.132. The number of hydrogen-bond acceptors (Lipinski definition) is 7. The van der Waals surface area contributed by atoms with Gasteiger partial charge in [0.05, 0.1) is 19.3 Å². The summed E-state index contributed by atoms with van der Waals surface area (Å²) in [4.78, 5) is 12.6. The maximum absolute atomic E-state index is 12.6. The zero-order chi connectivity index (χ0) is 14.3. The summed E-state index contributed by atoms with van der Waals surface area (Å²) in [5.74, 6) is -0.582. The van der Waals surface area contributed by atoms with Crippen LogP contribution in [-0.2, 0) is 9.47 Å². The molecule has 3 N–H and O–H groups in total. The molecule has 1 aromatic rings. The molecule has 106 valence electrons. The number of phenols is 1. The van der Waals surface area contributed by atoms with Crippen LogP contribution in [0.15, 0.2) is 12.1 Å². The Hall–Kier alpha value is -1.67. The zero-order valence-electron chi connectivity index (χ0n) is 10.5. The lowest BCUT2D eigenvalue weighted by atomic mass is 9.74. The standard InChI is InChI=1S/C13H12O7/c1-18-5-2-6-8(7(14)3-5)10(16)13-11(17)19-4-12(13,20-13)9(6)15/h2-3,9,11,14-15,17H,4H2,1H3. The molecule has 0 aromatic heterocycles. The number of rotatable bonds is 1. The van der Waals surface area contributed by atoms with E-state index in [4.69, 9.17) is 14.2 Å². The van der Waals surface area contributed by atoms with Gasteiger partial charge in [-0.1, -0.05) is 0 Å². The number of hydrogen-bond donors (Lipinski definition) is 3. The molecule has 20 heavy (non-hydrogen) atoms. The van der Waals surface area contributed by atoms with E-state index in [-0.39, 0.29) is 23.5 Å². The van der Waals surface area contributed by atoms with Crippen molar-refractivity contribution in [2.24, 2.45) is 0 Å². The fourth-order valence-corrected chi connectivity index (χ4v) is 3.31. The van der Waals surface area contributed by atoms with Crippen LogP contribution in [0.5, 0.6) is 11.5 Å². The van der Waals surface area contributed by atoms with E-state index in [2.05, 4.69) is 0 Å². The molecule has 4 unspecified atom stereocenters. The van der Waals surface area contributed by atoms with Crippen LogP contribution >= 0.6 is 0 Å². The number of benzene rings is 1. The van der Waals surface area contributed by atoms with Crippen molar-refractivity contribution >= 4 is 5.78 Å². The molecule has 7 heteroatoms. The van der Waals surface area contributed by atoms with Gasteiger partial charge in [0.25, 0.3) is 0 Å². The molecule has 1 aromatic carbocycles. The number of carbonyl (C=O) groups is 1. The molecule has 0 radical (unpaired) electrons. The lowest BCUT2D eigenvalue weighted by Gasteiger charge is -2.26. The molecule has 2 heterocycles. The molecule has 0 spiro atoms. The van der Waals surface area contributed by atoms with Crippen LogP contribution in [0, 0.1) is 0 Å². The summed E-state index contributed by atoms with van der Waals surface area (Å²) in [6, 6.07) is 2.75. The SMILES string of the molecule is COc1cc(O)c2c(c1)C(O)C13COC(O)C1(O3)C2=O. The molecule has 0 saturated carbocycles. The summed E-state index contributed by atoms with van der Waals surface area (Å²) < 4.78 is 15.5. The number of aromatic hydroxyl groups is 1. The molecule has 4 atom stereocenters. The van der Waals surface area contributed by atoms with Gasteiger partial charge in [-0.05, 0) is 6.07 Å². The molecule has 7 nitrogen and oxygen atoms in total. The Balaban J connectivity index is 1.97. The highest BCUT2D eigenvalue weighted by molar-refractivity contribution is 6.11. The predicted molar refractivity (Wildman–Crippen MR) is 62.5 cm³/mol. The molecule has 2 fully saturated rings. The van der Waals surface area contributed by atoms with Gasteiger partial charge in [-0.25, -0.2) is 0 Å². The largest absolute Gasteiger partial charge is 0.507 e. The quantitative estimate of drug-likeness (QED) is 0.594. The number of fused-ring (bicyclic) bond motifs is 1. The van der Waals surface area contributed by atoms with Crippen LogP contribution in [0.1, 0.15) is 22.0 Å². The highest BCUT2D eigenvalue weighted by Gasteiger charge is 2.87. The van der Waals surface area contributed by atoms with Gasteiger partial charge in [0, 0.05) is 11.6 Å². The van der Waals surface area contributed by atoms with Gasteiger partial charge in [-0.3, -0.25) is 4.79 Å². The summed E-state index contributed by atoms with van der Waals surface area (Å²) >= 11 is 0. The first-order valence-corrected chi connectivity index (χ1v) is 6.11. The summed E-state index contributed by atoms with van der Waals surface area (Å²) in [7, 11) is 1.41. The van der Waals surface area contributed by atoms with Gasteiger partial charge < -0.3 is 29.5 Å². The normalized spacial score (nSPS) is 40.9. The van der Waals surface area contributed by atoms with Gasteiger partial charge >= 0.3 is 0 Å². The van der Waals surface area contributed by atoms with Crippen molar-refractivity contribution < 1.29 is 34.3 Å². The molecule has 0 bridgehead atoms. The van der Waals surface area contributed by atoms with Gasteiger partial charge in [0.2, 0.25) is 11.4 Å². The summed E-state index contributed by atoms with van der Waals surface area (Å²) in [6.07, 6.45) is -2.63. The maximum atomic E-state index is 12.6. The first-order chi connectivity index (χ1) is 9.48. The average molecular weight is 280 g/mol. The predicted octanol–water partition coefficient (Wildman–Crippen LogP) is -0.513. The fourth-order valence-electron chi connectivity index (χ4n) is 3.31. The van der Waals surface area contributed by atoms with Crippen molar-refractivity contribution in [1.82, 2.24) is 0 Å². The number of methoxy groups -OCH3 is 1. The maximum Gasteiger partial charge on any atom is 0.216 e. The van der Waals surface area contributed by atoms with Crippen molar-refractivity contribution in [3.05, 3.63) is 23.3 Å². The minimum Gasteiger partial charge on any atom is -0.507 e. The Morgan fingerprint density at radius 2 is 2.15 bits per heavy atom. The Morgan fingerprint density at radius 3 is 2.85 bits per heavy atom. The van der Waals surface area contributed by atoms with Crippen molar-refractivity contribution in [3.63, 3.8) is 0 Å². The van der Waals surface area contributed by atoms with Crippen LogP contribution in [0.4, 0.5) is 0 Å². The third-order valence-electron chi connectivity index (χ3n) is 4.39. The minimum atomic E-state index is -1.61. The molecule has 2 aliphatic heterocycles. The number of epoxide rings is 1. The van der Waals surface area contributed by atoms with E-state index in [1.165, 1.54) is 19.2 Å². The molecule has 1 aliphatic carbocycles. The smallest absolute Gasteiger partial charge is 0.216 e. The molecule has 2 saturated heterocycles. The lowest BCUT2D eigenvalue weighted by Crippen LogP contribution is -2.46. The summed E-state index contributed by atoms with van der Waals surface area (Å²) in [5, 5.41) is 30.3. The highest BCUT2D eigenvalue weighted by Crippen LogP contribution is 2.66. The number of Topliss-reactive ketones (excluding diaryl/α,β-unsaturated/α-hetero) is 1. The second-order valence-electron chi connectivity index (χ2n) is 5.23. The number of carbonyl (C=O) groups excluding carboxylic acids is 1. The van der Waals surface area contributed by atoms with Gasteiger partial charge in [0.1, 0.15) is 17.6 Å². The highest BCUT2D eigenvalue weighted by atomic mass is 16.8. The van der Waals surface area contributed by atoms with E-state index in [9.17, 15) is 20.1 Å². The van der Waals surface area contributed by atoms with E-state index < -0.39 is 29.4 Å². The van der Waals surface area contributed by atoms with Crippen LogP contribution in [0.25, 0.3) is 0 Å². The number of ether oxygens (including phenoxy) is 3. The summed E-state index contributed by atoms with van der Waals surface area (Å²) in [6.45, 7) is -0.0848. The number of aliphatic hydroxyl groups is 2. The molecule has 3 aliphatic rings. The van der Waals surface area contributed by atoms with Crippen LogP contribution in [0.2, 0.25) is 0 Å². The van der Waals surface area contributed by atoms with Crippen LogP contribution in [0.3, 0.4) is 0 Å². The summed E-state index contributed by atoms with van der Waals surface area (Å²) in [5.41, 5.74) is -2.71. The van der Waals surface area contributed by atoms with Crippen molar-refractivity contribution in [2.75, 3.05) is 13.7 Å². The second kappa shape index (κ2) is 3.32. The molecular formula is C13H12O7. The van der Waals surface area contributed by atoms with Crippen molar-refractivity contribution in [1.29, 1.82) is 0 Å². The number of aliphatic hydroxyl groups excluding tert-OH is 2. The Bertz CT molecular complexity index is 642. The van der Waals surface area contributed by atoms with E-state index in [0.717, 1.165) is 0 Å².